The Labute approximate surface area is 253 Å². The van der Waals surface area contributed by atoms with Gasteiger partial charge in [0, 0.05) is 11.1 Å². The minimum Gasteiger partial charge on any atom is -0.493 e. The summed E-state index contributed by atoms with van der Waals surface area (Å²) in [4.78, 5) is 0. The Bertz CT molecular complexity index is 1530. The van der Waals surface area contributed by atoms with Crippen LogP contribution in [-0.4, -0.2) is 13.2 Å². The van der Waals surface area contributed by atoms with Crippen molar-refractivity contribution in [2.45, 2.75) is 90.9 Å². The summed E-state index contributed by atoms with van der Waals surface area (Å²) in [5.41, 5.74) is 3.35. The van der Waals surface area contributed by atoms with Gasteiger partial charge in [0.25, 0.3) is 0 Å². The van der Waals surface area contributed by atoms with Crippen molar-refractivity contribution in [2.24, 2.45) is 0 Å². The average Bonchev–Trinajstić information content (AvgIpc) is 3.03. The molecule has 4 aromatic rings. The van der Waals surface area contributed by atoms with Gasteiger partial charge in [0.2, 0.25) is 0 Å². The van der Waals surface area contributed by atoms with E-state index in [1.165, 1.54) is 57.8 Å². The zero-order valence-corrected chi connectivity index (χ0v) is 25.6. The fourth-order valence-electron chi connectivity index (χ4n) is 5.85. The Morgan fingerprint density at radius 3 is 1.71 bits per heavy atom. The first-order valence-electron chi connectivity index (χ1n) is 16.0. The largest absolute Gasteiger partial charge is 0.493 e. The number of fused-ring (bicyclic) bond motifs is 2. The van der Waals surface area contributed by atoms with Crippen molar-refractivity contribution in [3.05, 3.63) is 71.8 Å². The van der Waals surface area contributed by atoms with Gasteiger partial charge in [-0.15, -0.1) is 12.8 Å². The minimum atomic E-state index is 0.592. The van der Waals surface area contributed by atoms with Gasteiger partial charge in [0.05, 0.1) is 24.3 Å². The van der Waals surface area contributed by atoms with Crippen LogP contribution in [0.25, 0.3) is 32.7 Å². The van der Waals surface area contributed by atoms with Crippen LogP contribution in [0.1, 0.15) is 102 Å². The van der Waals surface area contributed by atoms with E-state index in [1.54, 1.807) is 0 Å². The molecule has 0 aliphatic carbocycles. The molecule has 2 nitrogen and oxygen atoms in total. The van der Waals surface area contributed by atoms with Crippen LogP contribution in [0.2, 0.25) is 0 Å². The molecule has 0 N–H and O–H groups in total. The van der Waals surface area contributed by atoms with Gasteiger partial charge in [-0.3, -0.25) is 0 Å². The predicted octanol–water partition coefficient (Wildman–Crippen LogP) is 11.1. The van der Waals surface area contributed by atoms with Gasteiger partial charge in [-0.2, -0.15) is 0 Å². The summed E-state index contributed by atoms with van der Waals surface area (Å²) in [6.07, 6.45) is 26.7. The molecule has 0 spiro atoms. The topological polar surface area (TPSA) is 18.5 Å². The third-order valence-electron chi connectivity index (χ3n) is 8.10. The van der Waals surface area contributed by atoms with Crippen molar-refractivity contribution in [3.8, 4) is 47.3 Å². The van der Waals surface area contributed by atoms with Crippen molar-refractivity contribution in [1.82, 2.24) is 0 Å². The lowest BCUT2D eigenvalue weighted by molar-refractivity contribution is 0.301. The predicted molar refractivity (Wildman–Crippen MR) is 181 cm³/mol. The smallest absolute Gasteiger partial charge is 0.144 e. The molecule has 0 bridgehead atoms. The summed E-state index contributed by atoms with van der Waals surface area (Å²) in [5.74, 6) is 7.36. The number of unbranched alkanes of at least 4 members (excludes halogenated alkanes) is 10. The van der Waals surface area contributed by atoms with Crippen molar-refractivity contribution in [1.29, 1.82) is 0 Å². The van der Waals surface area contributed by atoms with Crippen LogP contribution in [0.3, 0.4) is 0 Å². The summed E-state index contributed by atoms with van der Waals surface area (Å²) in [5, 5.41) is 4.26. The van der Waals surface area contributed by atoms with Gasteiger partial charge >= 0.3 is 0 Å². The molecule has 42 heavy (non-hydrogen) atoms. The van der Waals surface area contributed by atoms with E-state index >= 15 is 0 Å². The van der Waals surface area contributed by atoms with Gasteiger partial charge in [-0.1, -0.05) is 144 Å². The van der Waals surface area contributed by atoms with Gasteiger partial charge < -0.3 is 9.47 Å². The van der Waals surface area contributed by atoms with E-state index in [9.17, 15) is 0 Å². The molecule has 0 aliphatic rings. The Hall–Kier alpha value is -3.88. The van der Waals surface area contributed by atoms with Gasteiger partial charge in [-0.25, -0.2) is 0 Å². The number of rotatable bonds is 17. The number of hydrogen-bond acceptors (Lipinski definition) is 2. The van der Waals surface area contributed by atoms with E-state index in [1.807, 2.05) is 6.07 Å². The van der Waals surface area contributed by atoms with E-state index in [-0.39, 0.29) is 0 Å². The quantitative estimate of drug-likeness (QED) is 0.0948. The van der Waals surface area contributed by atoms with E-state index in [2.05, 4.69) is 80.3 Å². The second kappa shape index (κ2) is 16.5. The standard InChI is InChI=1S/C40H46O2/c1-5-9-11-13-15-21-29-41-37-28-27-31-23-17-18-24-34(31)38(37)39-36-26-20-19-25-35(36)32(7-3)33(8-4)40(39)42-30-22-16-14-12-10-6-2/h3-4,17-20,23-28H,5-6,9-16,21-22,29-30H2,1-2H3. The summed E-state index contributed by atoms with van der Waals surface area (Å²) in [6.45, 7) is 5.76. The molecule has 0 saturated carbocycles. The molecule has 0 radical (unpaired) electrons. The van der Waals surface area contributed by atoms with Gasteiger partial charge in [0.1, 0.15) is 11.5 Å². The van der Waals surface area contributed by atoms with E-state index in [4.69, 9.17) is 22.3 Å². The van der Waals surface area contributed by atoms with Crippen LogP contribution in [-0.2, 0) is 0 Å². The molecule has 0 atom stereocenters. The maximum Gasteiger partial charge on any atom is 0.144 e. The molecule has 0 amide bonds. The lowest BCUT2D eigenvalue weighted by Gasteiger charge is -2.22. The molecule has 2 heteroatoms. The van der Waals surface area contributed by atoms with Crippen molar-refractivity contribution < 1.29 is 9.47 Å². The molecule has 4 rings (SSSR count). The molecule has 0 unspecified atom stereocenters. The van der Waals surface area contributed by atoms with E-state index < -0.39 is 0 Å². The summed E-state index contributed by atoms with van der Waals surface area (Å²) < 4.78 is 13.2. The summed E-state index contributed by atoms with van der Waals surface area (Å²) in [6, 6.07) is 21.0. The third kappa shape index (κ3) is 7.49. The van der Waals surface area contributed by atoms with Crippen LogP contribution >= 0.6 is 0 Å². The monoisotopic (exact) mass is 558 g/mol. The average molecular weight is 559 g/mol. The minimum absolute atomic E-state index is 0.592. The zero-order valence-electron chi connectivity index (χ0n) is 25.6. The molecule has 0 saturated heterocycles. The van der Waals surface area contributed by atoms with Crippen LogP contribution in [0.5, 0.6) is 11.5 Å². The number of hydrogen-bond donors (Lipinski definition) is 0. The van der Waals surface area contributed by atoms with E-state index in [0.29, 0.717) is 30.1 Å². The fourth-order valence-corrected chi connectivity index (χ4v) is 5.85. The van der Waals surface area contributed by atoms with Crippen molar-refractivity contribution >= 4 is 21.5 Å². The first-order valence-corrected chi connectivity index (χ1v) is 16.0. The summed E-state index contributed by atoms with van der Waals surface area (Å²) in [7, 11) is 0. The lowest BCUT2D eigenvalue weighted by Crippen LogP contribution is -2.05. The second-order valence-corrected chi connectivity index (χ2v) is 11.2. The van der Waals surface area contributed by atoms with Crippen LogP contribution in [0, 0.1) is 24.7 Å². The molecule has 0 aromatic heterocycles. The highest BCUT2D eigenvalue weighted by atomic mass is 16.5. The Morgan fingerprint density at radius 1 is 0.524 bits per heavy atom. The number of ether oxygens (including phenoxy) is 2. The van der Waals surface area contributed by atoms with Crippen molar-refractivity contribution in [2.75, 3.05) is 13.2 Å². The normalized spacial score (nSPS) is 11.0. The molecule has 0 aliphatic heterocycles. The summed E-state index contributed by atoms with van der Waals surface area (Å²) >= 11 is 0. The number of terminal acetylenes is 2. The Kier molecular flexibility index (Phi) is 12.2. The molecule has 4 aromatic carbocycles. The van der Waals surface area contributed by atoms with Crippen LogP contribution in [0.4, 0.5) is 0 Å². The van der Waals surface area contributed by atoms with Crippen LogP contribution in [0.15, 0.2) is 60.7 Å². The lowest BCUT2D eigenvalue weighted by atomic mass is 9.87. The van der Waals surface area contributed by atoms with Crippen LogP contribution < -0.4 is 9.47 Å². The first-order chi connectivity index (χ1) is 20.7. The molecular weight excluding hydrogens is 512 g/mol. The third-order valence-corrected chi connectivity index (χ3v) is 8.10. The number of benzene rings is 4. The molecule has 0 heterocycles. The fraction of sp³-hybridized carbons (Fsp3) is 0.400. The molecular formula is C40H46O2. The van der Waals surface area contributed by atoms with E-state index in [0.717, 1.165) is 57.7 Å². The Morgan fingerprint density at radius 2 is 1.07 bits per heavy atom. The highest BCUT2D eigenvalue weighted by Gasteiger charge is 2.24. The highest BCUT2D eigenvalue weighted by molar-refractivity contribution is 6.12. The highest BCUT2D eigenvalue weighted by Crippen LogP contribution is 2.48. The first kappa shape index (κ1) is 31.1. The SMILES string of the molecule is C#Cc1c(OCCCCCCCC)c(-c2c(OCCCCCCCC)ccc3ccccc23)c2ccccc2c1C#C. The maximum atomic E-state index is 6.66. The Balaban J connectivity index is 1.80. The maximum absolute atomic E-state index is 6.66. The molecule has 0 fully saturated rings. The van der Waals surface area contributed by atoms with Crippen molar-refractivity contribution in [3.63, 3.8) is 0 Å². The second-order valence-electron chi connectivity index (χ2n) is 11.2. The zero-order chi connectivity index (χ0) is 29.6. The molecule has 218 valence electrons. The van der Waals surface area contributed by atoms with Gasteiger partial charge in [-0.05, 0) is 40.5 Å². The van der Waals surface area contributed by atoms with Gasteiger partial charge in [0.15, 0.2) is 0 Å².